The molecule has 3 aromatic rings. The maximum Gasteiger partial charge on any atom is 0.264 e. The van der Waals surface area contributed by atoms with Gasteiger partial charge >= 0.3 is 0 Å². The third-order valence-corrected chi connectivity index (χ3v) is 6.93. The van der Waals surface area contributed by atoms with Crippen LogP contribution in [0.2, 0.25) is 0 Å². The van der Waals surface area contributed by atoms with E-state index in [9.17, 15) is 13.2 Å². The van der Waals surface area contributed by atoms with Crippen molar-refractivity contribution in [1.29, 1.82) is 0 Å². The molecule has 0 spiro atoms. The summed E-state index contributed by atoms with van der Waals surface area (Å²) in [6.45, 7) is 1.84. The number of rotatable bonds is 10. The van der Waals surface area contributed by atoms with Crippen molar-refractivity contribution in [2.45, 2.75) is 18.4 Å². The standard InChI is InChI=1S/C25H28N2O6S/c1-18-6-5-7-19(14-18)16-26-25(28)17-27(20-8-10-21(31-2)11-9-20)34(29,30)22-12-13-23(32-3)24(15-22)33-4/h5-15H,16-17H2,1-4H3,(H,26,28). The van der Waals surface area contributed by atoms with E-state index in [-0.39, 0.29) is 17.2 Å². The number of nitrogens with zero attached hydrogens (tertiary/aromatic N) is 1. The van der Waals surface area contributed by atoms with Gasteiger partial charge in [0.1, 0.15) is 12.3 Å². The lowest BCUT2D eigenvalue weighted by atomic mass is 10.1. The third kappa shape index (κ3) is 5.79. The minimum Gasteiger partial charge on any atom is -0.497 e. The van der Waals surface area contributed by atoms with Gasteiger partial charge in [-0.3, -0.25) is 9.10 Å². The molecule has 9 heteroatoms. The van der Waals surface area contributed by atoms with Crippen LogP contribution in [-0.4, -0.2) is 42.2 Å². The molecule has 0 aromatic heterocycles. The summed E-state index contributed by atoms with van der Waals surface area (Å²) in [5.74, 6) is 0.785. The molecule has 0 aliphatic rings. The van der Waals surface area contributed by atoms with Gasteiger partial charge in [0, 0.05) is 12.6 Å². The fourth-order valence-electron chi connectivity index (χ4n) is 3.38. The zero-order valence-corrected chi connectivity index (χ0v) is 20.4. The molecule has 0 saturated carbocycles. The van der Waals surface area contributed by atoms with Crippen LogP contribution in [0.25, 0.3) is 0 Å². The smallest absolute Gasteiger partial charge is 0.264 e. The first-order valence-corrected chi connectivity index (χ1v) is 11.9. The summed E-state index contributed by atoms with van der Waals surface area (Å²) in [5.41, 5.74) is 2.32. The summed E-state index contributed by atoms with van der Waals surface area (Å²) < 4.78 is 44.0. The van der Waals surface area contributed by atoms with Gasteiger partial charge in [-0.05, 0) is 48.9 Å². The number of ether oxygens (including phenoxy) is 3. The van der Waals surface area contributed by atoms with E-state index in [2.05, 4.69) is 5.32 Å². The maximum absolute atomic E-state index is 13.6. The number of aryl methyl sites for hydroxylation is 1. The summed E-state index contributed by atoms with van der Waals surface area (Å²) >= 11 is 0. The van der Waals surface area contributed by atoms with E-state index in [4.69, 9.17) is 14.2 Å². The van der Waals surface area contributed by atoms with Gasteiger partial charge in [-0.1, -0.05) is 29.8 Å². The lowest BCUT2D eigenvalue weighted by Crippen LogP contribution is -2.40. The number of nitrogens with one attached hydrogen (secondary N) is 1. The SMILES string of the molecule is COc1ccc(N(CC(=O)NCc2cccc(C)c2)S(=O)(=O)c2ccc(OC)c(OC)c2)cc1. The van der Waals surface area contributed by atoms with Crippen LogP contribution < -0.4 is 23.8 Å². The average Bonchev–Trinajstić information content (AvgIpc) is 2.85. The molecule has 3 aromatic carbocycles. The molecule has 0 aliphatic heterocycles. The molecule has 0 aliphatic carbocycles. The Morgan fingerprint density at radius 2 is 1.59 bits per heavy atom. The second-order valence-corrected chi connectivity index (χ2v) is 9.35. The average molecular weight is 485 g/mol. The van der Waals surface area contributed by atoms with Gasteiger partial charge in [0.2, 0.25) is 5.91 Å². The second-order valence-electron chi connectivity index (χ2n) is 7.49. The number of methoxy groups -OCH3 is 3. The Balaban J connectivity index is 1.92. The van der Waals surface area contributed by atoms with Crippen molar-refractivity contribution in [3.63, 3.8) is 0 Å². The van der Waals surface area contributed by atoms with Crippen molar-refractivity contribution in [3.05, 3.63) is 77.9 Å². The van der Waals surface area contributed by atoms with Crippen molar-refractivity contribution >= 4 is 21.6 Å². The van der Waals surface area contributed by atoms with E-state index in [1.807, 2.05) is 31.2 Å². The highest BCUT2D eigenvalue weighted by Crippen LogP contribution is 2.32. The number of anilines is 1. The van der Waals surface area contributed by atoms with Crippen LogP contribution in [0.5, 0.6) is 17.2 Å². The fraction of sp³-hybridized carbons (Fsp3) is 0.240. The molecule has 1 amide bonds. The van der Waals surface area contributed by atoms with Gasteiger partial charge in [-0.25, -0.2) is 8.42 Å². The third-order valence-electron chi connectivity index (χ3n) is 5.16. The quantitative estimate of drug-likeness (QED) is 0.473. The van der Waals surface area contributed by atoms with E-state index in [0.717, 1.165) is 15.4 Å². The molecule has 3 rings (SSSR count). The number of hydrogen-bond acceptors (Lipinski definition) is 6. The number of hydrogen-bond donors (Lipinski definition) is 1. The number of sulfonamides is 1. The van der Waals surface area contributed by atoms with Crippen molar-refractivity contribution < 1.29 is 27.4 Å². The zero-order valence-electron chi connectivity index (χ0n) is 19.6. The summed E-state index contributed by atoms with van der Waals surface area (Å²) in [4.78, 5) is 12.8. The van der Waals surface area contributed by atoms with Crippen LogP contribution in [0.1, 0.15) is 11.1 Å². The molecule has 0 bridgehead atoms. The Bertz CT molecular complexity index is 1240. The molecule has 34 heavy (non-hydrogen) atoms. The number of carbonyl (C=O) groups is 1. The van der Waals surface area contributed by atoms with Crippen LogP contribution in [-0.2, 0) is 21.4 Å². The molecule has 0 atom stereocenters. The minimum absolute atomic E-state index is 0.0348. The van der Waals surface area contributed by atoms with Crippen LogP contribution in [0, 0.1) is 6.92 Å². The van der Waals surface area contributed by atoms with Gasteiger partial charge in [-0.2, -0.15) is 0 Å². The van der Waals surface area contributed by atoms with Crippen LogP contribution in [0.3, 0.4) is 0 Å². The molecule has 8 nitrogen and oxygen atoms in total. The summed E-state index contributed by atoms with van der Waals surface area (Å²) in [6.07, 6.45) is 0. The molecular weight excluding hydrogens is 456 g/mol. The molecule has 1 N–H and O–H groups in total. The predicted octanol–water partition coefficient (Wildman–Crippen LogP) is 3.53. The van der Waals surface area contributed by atoms with Crippen molar-refractivity contribution in [1.82, 2.24) is 5.32 Å². The first-order chi connectivity index (χ1) is 16.3. The van der Waals surface area contributed by atoms with E-state index in [1.54, 1.807) is 24.3 Å². The monoisotopic (exact) mass is 484 g/mol. The topological polar surface area (TPSA) is 94.2 Å². The Hall–Kier alpha value is -3.72. The van der Waals surface area contributed by atoms with E-state index >= 15 is 0 Å². The highest BCUT2D eigenvalue weighted by molar-refractivity contribution is 7.92. The van der Waals surface area contributed by atoms with Crippen molar-refractivity contribution in [2.24, 2.45) is 0 Å². The number of benzene rings is 3. The fourth-order valence-corrected chi connectivity index (χ4v) is 4.81. The maximum atomic E-state index is 13.6. The normalized spacial score (nSPS) is 10.9. The number of amides is 1. The molecule has 0 heterocycles. The van der Waals surface area contributed by atoms with Gasteiger partial charge in [0.15, 0.2) is 11.5 Å². The zero-order chi connectivity index (χ0) is 24.7. The van der Waals surface area contributed by atoms with Gasteiger partial charge in [0.25, 0.3) is 10.0 Å². The van der Waals surface area contributed by atoms with E-state index in [1.165, 1.54) is 39.5 Å². The van der Waals surface area contributed by atoms with Crippen molar-refractivity contribution in [2.75, 3.05) is 32.2 Å². The Morgan fingerprint density at radius 3 is 2.21 bits per heavy atom. The predicted molar refractivity (Wildman–Crippen MR) is 130 cm³/mol. The first kappa shape index (κ1) is 24.9. The van der Waals surface area contributed by atoms with Crippen molar-refractivity contribution in [3.8, 4) is 17.2 Å². The van der Waals surface area contributed by atoms with Crippen LogP contribution >= 0.6 is 0 Å². The lowest BCUT2D eigenvalue weighted by Gasteiger charge is -2.24. The van der Waals surface area contributed by atoms with Gasteiger partial charge in [-0.15, -0.1) is 0 Å². The minimum atomic E-state index is -4.12. The van der Waals surface area contributed by atoms with E-state index < -0.39 is 22.5 Å². The molecule has 180 valence electrons. The summed E-state index contributed by atoms with van der Waals surface area (Å²) in [6, 6.07) is 18.5. The van der Waals surface area contributed by atoms with E-state index in [0.29, 0.717) is 17.2 Å². The second kappa shape index (κ2) is 10.9. The molecule has 0 radical (unpaired) electrons. The summed E-state index contributed by atoms with van der Waals surface area (Å²) in [7, 11) is 0.291. The number of carbonyl (C=O) groups excluding carboxylic acids is 1. The molecular formula is C25H28N2O6S. The first-order valence-electron chi connectivity index (χ1n) is 10.5. The Labute approximate surface area is 200 Å². The Morgan fingerprint density at radius 1 is 0.882 bits per heavy atom. The highest BCUT2D eigenvalue weighted by atomic mass is 32.2. The van der Waals surface area contributed by atoms with Crippen LogP contribution in [0.15, 0.2) is 71.6 Å². The molecule has 0 saturated heterocycles. The van der Waals surface area contributed by atoms with Crippen LogP contribution in [0.4, 0.5) is 5.69 Å². The largest absolute Gasteiger partial charge is 0.497 e. The Kier molecular flexibility index (Phi) is 8.01. The lowest BCUT2D eigenvalue weighted by molar-refractivity contribution is -0.119. The van der Waals surface area contributed by atoms with Gasteiger partial charge < -0.3 is 19.5 Å². The highest BCUT2D eigenvalue weighted by Gasteiger charge is 2.28. The van der Waals surface area contributed by atoms with Gasteiger partial charge in [0.05, 0.1) is 31.9 Å². The summed E-state index contributed by atoms with van der Waals surface area (Å²) in [5, 5.41) is 2.80. The molecule has 0 unspecified atom stereocenters. The molecule has 0 fully saturated rings.